The van der Waals surface area contributed by atoms with E-state index in [0.717, 1.165) is 10.0 Å². The van der Waals surface area contributed by atoms with Crippen molar-refractivity contribution in [2.75, 3.05) is 13.6 Å². The number of hydrogen-bond acceptors (Lipinski definition) is 3. The Morgan fingerprint density at radius 3 is 2.57 bits per heavy atom. The molecule has 6 nitrogen and oxygen atoms in total. The average molecular weight is 357 g/mol. The molecule has 114 valence electrons. The van der Waals surface area contributed by atoms with Gasteiger partial charge in [0, 0.05) is 31.0 Å². The summed E-state index contributed by atoms with van der Waals surface area (Å²) in [5, 5.41) is 18.7. The standard InChI is InChI=1S/C14H17BrN2O4/c1-16(7-9-2-4-10(15)5-3-9)14(21)17-8-11(18)6-12(17)13(19)20/h2-5,11-12,18H,6-8H2,1H3,(H,19,20)/t11-,12+/m1/s1. The van der Waals surface area contributed by atoms with Gasteiger partial charge in [-0.2, -0.15) is 0 Å². The third-order valence-electron chi connectivity index (χ3n) is 3.47. The van der Waals surface area contributed by atoms with E-state index in [0.29, 0.717) is 6.54 Å². The molecule has 1 aromatic carbocycles. The number of benzene rings is 1. The molecule has 1 saturated heterocycles. The number of carboxylic acids is 1. The van der Waals surface area contributed by atoms with Gasteiger partial charge in [-0.1, -0.05) is 28.1 Å². The smallest absolute Gasteiger partial charge is 0.326 e. The summed E-state index contributed by atoms with van der Waals surface area (Å²) in [6, 6.07) is 6.20. The van der Waals surface area contributed by atoms with Gasteiger partial charge in [0.1, 0.15) is 6.04 Å². The van der Waals surface area contributed by atoms with E-state index in [4.69, 9.17) is 5.11 Å². The minimum atomic E-state index is -1.09. The number of aliphatic hydroxyl groups excluding tert-OH is 1. The number of carboxylic acid groups (broad SMARTS) is 1. The van der Waals surface area contributed by atoms with Crippen LogP contribution in [0.5, 0.6) is 0 Å². The third-order valence-corrected chi connectivity index (χ3v) is 4.00. The molecule has 0 radical (unpaired) electrons. The highest BCUT2D eigenvalue weighted by molar-refractivity contribution is 9.10. The lowest BCUT2D eigenvalue weighted by Crippen LogP contribution is -2.46. The highest BCUT2D eigenvalue weighted by Crippen LogP contribution is 2.20. The van der Waals surface area contributed by atoms with Crippen LogP contribution >= 0.6 is 15.9 Å². The second-order valence-electron chi connectivity index (χ2n) is 5.16. The van der Waals surface area contributed by atoms with Crippen LogP contribution in [0.4, 0.5) is 4.79 Å². The second kappa shape index (κ2) is 6.44. The first kappa shape index (κ1) is 15.8. The van der Waals surface area contributed by atoms with Crippen molar-refractivity contribution < 1.29 is 19.8 Å². The fourth-order valence-corrected chi connectivity index (χ4v) is 2.67. The predicted molar refractivity (Wildman–Crippen MR) is 79.8 cm³/mol. The number of nitrogens with zero attached hydrogens (tertiary/aromatic N) is 2. The fraction of sp³-hybridized carbons (Fsp3) is 0.429. The van der Waals surface area contributed by atoms with E-state index in [1.54, 1.807) is 7.05 Å². The molecule has 0 saturated carbocycles. The van der Waals surface area contributed by atoms with Gasteiger partial charge in [-0.25, -0.2) is 9.59 Å². The van der Waals surface area contributed by atoms with Crippen LogP contribution in [0.3, 0.4) is 0 Å². The van der Waals surface area contributed by atoms with E-state index in [-0.39, 0.29) is 19.0 Å². The van der Waals surface area contributed by atoms with Gasteiger partial charge in [0.25, 0.3) is 0 Å². The first-order valence-electron chi connectivity index (χ1n) is 6.55. The molecule has 2 rings (SSSR count). The quantitative estimate of drug-likeness (QED) is 0.860. The number of halogens is 1. The number of aliphatic carboxylic acids is 1. The van der Waals surface area contributed by atoms with E-state index in [9.17, 15) is 14.7 Å². The van der Waals surface area contributed by atoms with E-state index in [1.165, 1.54) is 9.80 Å². The zero-order chi connectivity index (χ0) is 15.6. The van der Waals surface area contributed by atoms with Gasteiger partial charge in [-0.15, -0.1) is 0 Å². The number of aliphatic hydroxyl groups is 1. The predicted octanol–water partition coefficient (Wildman–Crippen LogP) is 1.52. The zero-order valence-electron chi connectivity index (χ0n) is 11.6. The molecular weight excluding hydrogens is 340 g/mol. The molecule has 2 atom stereocenters. The summed E-state index contributed by atoms with van der Waals surface area (Å²) in [4.78, 5) is 26.2. The summed E-state index contributed by atoms with van der Waals surface area (Å²) in [7, 11) is 1.62. The van der Waals surface area contributed by atoms with Crippen molar-refractivity contribution in [3.8, 4) is 0 Å². The second-order valence-corrected chi connectivity index (χ2v) is 6.08. The average Bonchev–Trinajstić information content (AvgIpc) is 2.82. The first-order chi connectivity index (χ1) is 9.88. The molecule has 1 fully saturated rings. The van der Waals surface area contributed by atoms with Crippen LogP contribution in [0.15, 0.2) is 28.7 Å². The Balaban J connectivity index is 2.04. The highest BCUT2D eigenvalue weighted by atomic mass is 79.9. The molecule has 2 N–H and O–H groups in total. The van der Waals surface area contributed by atoms with Crippen molar-refractivity contribution in [3.05, 3.63) is 34.3 Å². The highest BCUT2D eigenvalue weighted by Gasteiger charge is 2.39. The van der Waals surface area contributed by atoms with Crippen molar-refractivity contribution in [2.24, 2.45) is 0 Å². The molecule has 1 aliphatic rings. The van der Waals surface area contributed by atoms with Gasteiger partial charge < -0.3 is 20.0 Å². The SMILES string of the molecule is CN(Cc1ccc(Br)cc1)C(=O)N1C[C@H](O)C[C@H]1C(=O)O. The van der Waals surface area contributed by atoms with Gasteiger partial charge in [0.2, 0.25) is 0 Å². The first-order valence-corrected chi connectivity index (χ1v) is 7.35. The summed E-state index contributed by atoms with van der Waals surface area (Å²) in [6.07, 6.45) is -0.705. The molecule has 1 aliphatic heterocycles. The van der Waals surface area contributed by atoms with Crippen molar-refractivity contribution >= 4 is 27.9 Å². The van der Waals surface area contributed by atoms with E-state index in [1.807, 2.05) is 24.3 Å². The molecule has 1 aromatic rings. The number of β-amino-alcohol motifs (C(OH)–C–C–N with tert-alkyl or cyclic N) is 1. The Morgan fingerprint density at radius 1 is 1.38 bits per heavy atom. The minimum absolute atomic E-state index is 0.0560. The summed E-state index contributed by atoms with van der Waals surface area (Å²) in [5.41, 5.74) is 0.945. The molecule has 7 heteroatoms. The Morgan fingerprint density at radius 2 is 2.00 bits per heavy atom. The minimum Gasteiger partial charge on any atom is -0.480 e. The monoisotopic (exact) mass is 356 g/mol. The topological polar surface area (TPSA) is 81.1 Å². The number of likely N-dealkylation sites (tertiary alicyclic amines) is 1. The Hall–Kier alpha value is -1.60. The number of hydrogen-bond donors (Lipinski definition) is 2. The number of amides is 2. The van der Waals surface area contributed by atoms with Crippen molar-refractivity contribution in [3.63, 3.8) is 0 Å². The number of carbonyl (C=O) groups excluding carboxylic acids is 1. The van der Waals surface area contributed by atoms with Crippen molar-refractivity contribution in [2.45, 2.75) is 25.1 Å². The fourth-order valence-electron chi connectivity index (χ4n) is 2.41. The van der Waals surface area contributed by atoms with Crippen LogP contribution in [0.2, 0.25) is 0 Å². The Labute approximate surface area is 131 Å². The van der Waals surface area contributed by atoms with Crippen LogP contribution < -0.4 is 0 Å². The van der Waals surface area contributed by atoms with Gasteiger partial charge >= 0.3 is 12.0 Å². The third kappa shape index (κ3) is 3.74. The van der Waals surface area contributed by atoms with Crippen LogP contribution in [0.25, 0.3) is 0 Å². The van der Waals surface area contributed by atoms with Crippen molar-refractivity contribution in [1.82, 2.24) is 9.80 Å². The molecule has 0 aromatic heterocycles. The van der Waals surface area contributed by atoms with Gasteiger partial charge in [-0.3, -0.25) is 0 Å². The van der Waals surface area contributed by atoms with Crippen LogP contribution in [-0.4, -0.2) is 57.8 Å². The molecule has 0 aliphatic carbocycles. The normalized spacial score (nSPS) is 21.4. The molecule has 21 heavy (non-hydrogen) atoms. The lowest BCUT2D eigenvalue weighted by molar-refractivity contribution is -0.141. The van der Waals surface area contributed by atoms with Crippen LogP contribution in [0.1, 0.15) is 12.0 Å². The van der Waals surface area contributed by atoms with E-state index >= 15 is 0 Å². The molecule has 1 heterocycles. The summed E-state index contributed by atoms with van der Waals surface area (Å²) < 4.78 is 0.953. The van der Waals surface area contributed by atoms with E-state index in [2.05, 4.69) is 15.9 Å². The molecule has 2 amide bonds. The zero-order valence-corrected chi connectivity index (χ0v) is 13.2. The van der Waals surface area contributed by atoms with Gasteiger partial charge in [0.15, 0.2) is 0 Å². The lowest BCUT2D eigenvalue weighted by Gasteiger charge is -2.27. The molecule has 0 bridgehead atoms. The van der Waals surface area contributed by atoms with Crippen molar-refractivity contribution in [1.29, 1.82) is 0 Å². The largest absolute Gasteiger partial charge is 0.480 e. The Bertz CT molecular complexity index is 534. The lowest BCUT2D eigenvalue weighted by atomic mass is 10.2. The molecule has 0 spiro atoms. The van der Waals surface area contributed by atoms with Crippen LogP contribution in [-0.2, 0) is 11.3 Å². The van der Waals surface area contributed by atoms with Gasteiger partial charge in [0.05, 0.1) is 6.10 Å². The maximum Gasteiger partial charge on any atom is 0.326 e. The summed E-state index contributed by atoms with van der Waals surface area (Å²) >= 11 is 3.34. The maximum atomic E-state index is 12.3. The van der Waals surface area contributed by atoms with E-state index < -0.39 is 18.1 Å². The summed E-state index contributed by atoms with van der Waals surface area (Å²) in [5.74, 6) is -1.09. The number of rotatable bonds is 3. The summed E-state index contributed by atoms with van der Waals surface area (Å²) in [6.45, 7) is 0.436. The Kier molecular flexibility index (Phi) is 4.84. The van der Waals surface area contributed by atoms with Gasteiger partial charge in [-0.05, 0) is 17.7 Å². The maximum absolute atomic E-state index is 12.3. The number of carbonyl (C=O) groups is 2. The van der Waals surface area contributed by atoms with Crippen LogP contribution in [0, 0.1) is 0 Å². The number of urea groups is 1. The molecule has 0 unspecified atom stereocenters. The molecular formula is C14H17BrN2O4.